The number of likely N-dealkylation sites (N-methyl/N-ethyl adjacent to an activating group) is 1. The zero-order valence-electron chi connectivity index (χ0n) is 12.4. The van der Waals surface area contributed by atoms with Crippen molar-refractivity contribution in [3.8, 4) is 11.5 Å². The zero-order valence-corrected chi connectivity index (χ0v) is 14.0. The molecule has 1 aromatic carbocycles. The SMILES string of the molecule is CNC(Cc1ccc(Br)cn1)c1ccc(OC)cc1OC. The van der Waals surface area contributed by atoms with Crippen LogP contribution in [-0.4, -0.2) is 26.3 Å². The second-order valence-electron chi connectivity index (χ2n) is 4.62. The molecule has 0 bridgehead atoms. The second kappa shape index (κ2) is 7.43. The maximum absolute atomic E-state index is 5.48. The molecule has 1 atom stereocenters. The van der Waals surface area contributed by atoms with Gasteiger partial charge in [0, 0.05) is 40.5 Å². The number of benzene rings is 1. The molecular weight excluding hydrogens is 332 g/mol. The van der Waals surface area contributed by atoms with Crippen LogP contribution in [0, 0.1) is 0 Å². The van der Waals surface area contributed by atoms with Crippen LogP contribution in [0.4, 0.5) is 0 Å². The minimum atomic E-state index is 0.125. The minimum Gasteiger partial charge on any atom is -0.497 e. The Labute approximate surface area is 133 Å². The van der Waals surface area contributed by atoms with Crippen LogP contribution in [0.15, 0.2) is 41.0 Å². The van der Waals surface area contributed by atoms with E-state index in [1.807, 2.05) is 43.6 Å². The molecule has 0 radical (unpaired) electrons. The van der Waals surface area contributed by atoms with Crippen molar-refractivity contribution in [2.75, 3.05) is 21.3 Å². The lowest BCUT2D eigenvalue weighted by molar-refractivity contribution is 0.385. The maximum atomic E-state index is 5.48. The topological polar surface area (TPSA) is 43.4 Å². The molecule has 0 fully saturated rings. The maximum Gasteiger partial charge on any atom is 0.127 e. The van der Waals surface area contributed by atoms with Gasteiger partial charge >= 0.3 is 0 Å². The highest BCUT2D eigenvalue weighted by atomic mass is 79.9. The lowest BCUT2D eigenvalue weighted by Crippen LogP contribution is -2.20. The first kappa shape index (κ1) is 15.8. The Balaban J connectivity index is 2.26. The van der Waals surface area contributed by atoms with Gasteiger partial charge in [0.15, 0.2) is 0 Å². The first-order valence-corrected chi connectivity index (χ1v) is 7.47. The average Bonchev–Trinajstić information content (AvgIpc) is 2.53. The van der Waals surface area contributed by atoms with Crippen molar-refractivity contribution >= 4 is 15.9 Å². The Morgan fingerprint density at radius 1 is 1.19 bits per heavy atom. The van der Waals surface area contributed by atoms with Crippen molar-refractivity contribution in [1.82, 2.24) is 10.3 Å². The summed E-state index contributed by atoms with van der Waals surface area (Å²) in [5.74, 6) is 1.60. The van der Waals surface area contributed by atoms with Gasteiger partial charge in [0.2, 0.25) is 0 Å². The van der Waals surface area contributed by atoms with E-state index in [9.17, 15) is 0 Å². The molecular formula is C16H19BrN2O2. The molecule has 0 aliphatic carbocycles. The van der Waals surface area contributed by atoms with Crippen LogP contribution in [0.25, 0.3) is 0 Å². The van der Waals surface area contributed by atoms with Crippen LogP contribution in [0.3, 0.4) is 0 Å². The van der Waals surface area contributed by atoms with Gasteiger partial charge in [-0.2, -0.15) is 0 Å². The molecule has 1 N–H and O–H groups in total. The monoisotopic (exact) mass is 350 g/mol. The van der Waals surface area contributed by atoms with Crippen LogP contribution in [0.2, 0.25) is 0 Å². The Bertz CT molecular complexity index is 587. The summed E-state index contributed by atoms with van der Waals surface area (Å²) >= 11 is 3.40. The van der Waals surface area contributed by atoms with Crippen molar-refractivity contribution < 1.29 is 9.47 Å². The van der Waals surface area contributed by atoms with Gasteiger partial charge in [0.25, 0.3) is 0 Å². The van der Waals surface area contributed by atoms with Gasteiger partial charge in [-0.3, -0.25) is 4.98 Å². The van der Waals surface area contributed by atoms with E-state index in [0.717, 1.165) is 33.6 Å². The van der Waals surface area contributed by atoms with Gasteiger partial charge < -0.3 is 14.8 Å². The van der Waals surface area contributed by atoms with E-state index >= 15 is 0 Å². The third kappa shape index (κ3) is 3.95. The number of hydrogen-bond acceptors (Lipinski definition) is 4. The van der Waals surface area contributed by atoms with Crippen LogP contribution in [-0.2, 0) is 6.42 Å². The lowest BCUT2D eigenvalue weighted by atomic mass is 10.0. The van der Waals surface area contributed by atoms with Gasteiger partial charge in [0.05, 0.1) is 14.2 Å². The van der Waals surface area contributed by atoms with Crippen LogP contribution >= 0.6 is 15.9 Å². The molecule has 0 amide bonds. The second-order valence-corrected chi connectivity index (χ2v) is 5.54. The first-order chi connectivity index (χ1) is 10.2. The largest absolute Gasteiger partial charge is 0.497 e. The summed E-state index contributed by atoms with van der Waals surface area (Å²) in [6.07, 6.45) is 2.60. The first-order valence-electron chi connectivity index (χ1n) is 6.67. The van der Waals surface area contributed by atoms with E-state index < -0.39 is 0 Å². The van der Waals surface area contributed by atoms with Crippen LogP contribution in [0.5, 0.6) is 11.5 Å². The van der Waals surface area contributed by atoms with E-state index in [1.165, 1.54) is 0 Å². The predicted octanol–water partition coefficient (Wildman–Crippen LogP) is 3.36. The molecule has 0 saturated carbocycles. The van der Waals surface area contributed by atoms with E-state index in [-0.39, 0.29) is 6.04 Å². The van der Waals surface area contributed by atoms with Gasteiger partial charge in [-0.1, -0.05) is 6.07 Å². The zero-order chi connectivity index (χ0) is 15.2. The summed E-state index contributed by atoms with van der Waals surface area (Å²) in [6.45, 7) is 0. The fourth-order valence-corrected chi connectivity index (χ4v) is 2.44. The molecule has 2 rings (SSSR count). The number of halogens is 1. The molecule has 0 aliphatic rings. The fourth-order valence-electron chi connectivity index (χ4n) is 2.21. The quantitative estimate of drug-likeness (QED) is 0.867. The van der Waals surface area contributed by atoms with E-state index in [4.69, 9.17) is 9.47 Å². The third-order valence-corrected chi connectivity index (χ3v) is 3.84. The summed E-state index contributed by atoms with van der Waals surface area (Å²) in [5, 5.41) is 3.32. The molecule has 1 unspecified atom stereocenters. The Morgan fingerprint density at radius 2 is 2.00 bits per heavy atom. The number of pyridine rings is 1. The van der Waals surface area contributed by atoms with E-state index in [1.54, 1.807) is 14.2 Å². The molecule has 2 aromatic rings. The average molecular weight is 351 g/mol. The molecule has 4 nitrogen and oxygen atoms in total. The number of ether oxygens (including phenoxy) is 2. The Morgan fingerprint density at radius 3 is 2.57 bits per heavy atom. The number of nitrogens with zero attached hydrogens (tertiary/aromatic N) is 1. The van der Waals surface area contributed by atoms with Gasteiger partial charge in [0.1, 0.15) is 11.5 Å². The Hall–Kier alpha value is -1.59. The molecule has 1 heterocycles. The number of hydrogen-bond donors (Lipinski definition) is 1. The highest BCUT2D eigenvalue weighted by Crippen LogP contribution is 2.31. The summed E-state index contributed by atoms with van der Waals surface area (Å²) < 4.78 is 11.7. The molecule has 1 aromatic heterocycles. The Kier molecular flexibility index (Phi) is 5.59. The summed E-state index contributed by atoms with van der Waals surface area (Å²) in [7, 11) is 5.26. The standard InChI is InChI=1S/C16H19BrN2O2/c1-18-15(8-12-5-4-11(17)10-19-12)14-7-6-13(20-2)9-16(14)21-3/h4-7,9-10,15,18H,8H2,1-3H3. The summed E-state index contributed by atoms with van der Waals surface area (Å²) in [4.78, 5) is 4.43. The number of nitrogens with one attached hydrogen (secondary N) is 1. The lowest BCUT2D eigenvalue weighted by Gasteiger charge is -2.19. The van der Waals surface area contributed by atoms with Gasteiger partial charge in [-0.15, -0.1) is 0 Å². The number of aromatic nitrogens is 1. The highest BCUT2D eigenvalue weighted by molar-refractivity contribution is 9.10. The molecule has 21 heavy (non-hydrogen) atoms. The predicted molar refractivity (Wildman–Crippen MR) is 87.0 cm³/mol. The van der Waals surface area contributed by atoms with Crippen molar-refractivity contribution in [3.05, 3.63) is 52.3 Å². The van der Waals surface area contributed by atoms with Crippen molar-refractivity contribution in [2.24, 2.45) is 0 Å². The van der Waals surface area contributed by atoms with E-state index in [0.29, 0.717) is 0 Å². The van der Waals surface area contributed by atoms with Crippen LogP contribution in [0.1, 0.15) is 17.3 Å². The van der Waals surface area contributed by atoms with Crippen molar-refractivity contribution in [2.45, 2.75) is 12.5 Å². The van der Waals surface area contributed by atoms with E-state index in [2.05, 4.69) is 26.2 Å². The third-order valence-electron chi connectivity index (χ3n) is 3.37. The minimum absolute atomic E-state index is 0.125. The van der Waals surface area contributed by atoms with Crippen molar-refractivity contribution in [1.29, 1.82) is 0 Å². The molecule has 112 valence electrons. The van der Waals surface area contributed by atoms with Crippen molar-refractivity contribution in [3.63, 3.8) is 0 Å². The molecule has 0 saturated heterocycles. The summed E-state index contributed by atoms with van der Waals surface area (Å²) in [5.41, 5.74) is 2.11. The van der Waals surface area contributed by atoms with Crippen LogP contribution < -0.4 is 14.8 Å². The smallest absolute Gasteiger partial charge is 0.127 e. The normalized spacial score (nSPS) is 12.0. The number of rotatable bonds is 6. The summed E-state index contributed by atoms with van der Waals surface area (Å²) in [6, 6.07) is 10.0. The van der Waals surface area contributed by atoms with Gasteiger partial charge in [-0.25, -0.2) is 0 Å². The van der Waals surface area contributed by atoms with Gasteiger partial charge in [-0.05, 0) is 41.2 Å². The molecule has 0 aliphatic heterocycles. The number of methoxy groups -OCH3 is 2. The highest BCUT2D eigenvalue weighted by Gasteiger charge is 2.16. The fraction of sp³-hybridized carbons (Fsp3) is 0.312. The molecule has 5 heteroatoms. The molecule has 0 spiro atoms.